The molecule has 1 atom stereocenters. The number of benzene rings is 3. The van der Waals surface area contributed by atoms with E-state index in [0.717, 1.165) is 28.0 Å². The molecular formula is C28H24N2O6. The number of furan rings is 1. The average molecular weight is 485 g/mol. The third-order valence-corrected chi connectivity index (χ3v) is 6.60. The summed E-state index contributed by atoms with van der Waals surface area (Å²) in [6.07, 6.45) is 1.24. The second-order valence-corrected chi connectivity index (χ2v) is 8.82. The topological polar surface area (TPSA) is 99.0 Å². The van der Waals surface area contributed by atoms with Crippen molar-refractivity contribution >= 4 is 28.5 Å². The lowest BCUT2D eigenvalue weighted by Crippen LogP contribution is -2.43. The molecule has 1 aromatic heterocycles. The number of methoxy groups -OCH3 is 1. The first-order valence-electron chi connectivity index (χ1n) is 11.8. The third-order valence-electron chi connectivity index (χ3n) is 6.60. The second kappa shape index (κ2) is 8.96. The van der Waals surface area contributed by atoms with Gasteiger partial charge in [-0.15, -0.1) is 0 Å². The van der Waals surface area contributed by atoms with E-state index in [2.05, 4.69) is 10.6 Å². The fourth-order valence-corrected chi connectivity index (χ4v) is 4.74. The van der Waals surface area contributed by atoms with Gasteiger partial charge in [0.25, 0.3) is 0 Å². The average Bonchev–Trinajstić information content (AvgIpc) is 3.45. The summed E-state index contributed by atoms with van der Waals surface area (Å²) in [7, 11) is 1.61. The Hall–Kier alpha value is -4.46. The molecule has 2 aliphatic heterocycles. The fourth-order valence-electron chi connectivity index (χ4n) is 4.74. The van der Waals surface area contributed by atoms with Crippen LogP contribution in [0, 0.1) is 0 Å². The third kappa shape index (κ3) is 4.00. The summed E-state index contributed by atoms with van der Waals surface area (Å²) < 4.78 is 22.6. The van der Waals surface area contributed by atoms with Crippen LogP contribution in [0.15, 0.2) is 65.1 Å². The van der Waals surface area contributed by atoms with Crippen molar-refractivity contribution in [2.45, 2.75) is 25.3 Å². The van der Waals surface area contributed by atoms with Gasteiger partial charge in [0.15, 0.2) is 11.5 Å². The number of amides is 2. The highest BCUT2D eigenvalue weighted by Gasteiger charge is 2.27. The minimum Gasteiger partial charge on any atom is -0.497 e. The Kier molecular flexibility index (Phi) is 5.48. The Labute approximate surface area is 207 Å². The molecule has 2 aliphatic rings. The molecule has 0 fully saturated rings. The lowest BCUT2D eigenvalue weighted by Gasteiger charge is -2.15. The first-order valence-corrected chi connectivity index (χ1v) is 11.8. The van der Waals surface area contributed by atoms with Crippen LogP contribution in [0.3, 0.4) is 0 Å². The summed E-state index contributed by atoms with van der Waals surface area (Å²) in [5, 5.41) is 6.62. The quantitative estimate of drug-likeness (QED) is 0.434. The van der Waals surface area contributed by atoms with Crippen LogP contribution in [0.25, 0.3) is 22.3 Å². The largest absolute Gasteiger partial charge is 0.497 e. The van der Waals surface area contributed by atoms with Crippen LogP contribution in [-0.2, 0) is 22.4 Å². The van der Waals surface area contributed by atoms with Crippen LogP contribution < -0.4 is 24.8 Å². The van der Waals surface area contributed by atoms with Gasteiger partial charge < -0.3 is 29.3 Å². The zero-order chi connectivity index (χ0) is 24.6. The Balaban J connectivity index is 1.30. The van der Waals surface area contributed by atoms with Crippen molar-refractivity contribution in [3.05, 3.63) is 71.8 Å². The highest BCUT2D eigenvalue weighted by molar-refractivity contribution is 6.00. The molecule has 182 valence electrons. The van der Waals surface area contributed by atoms with E-state index in [0.29, 0.717) is 41.2 Å². The number of nitrogens with one attached hydrogen (secondary N) is 2. The lowest BCUT2D eigenvalue weighted by atomic mass is 10.0. The Morgan fingerprint density at radius 1 is 1.08 bits per heavy atom. The van der Waals surface area contributed by atoms with Crippen molar-refractivity contribution in [2.24, 2.45) is 0 Å². The van der Waals surface area contributed by atoms with E-state index in [9.17, 15) is 9.59 Å². The molecule has 36 heavy (non-hydrogen) atoms. The van der Waals surface area contributed by atoms with Crippen LogP contribution in [0.4, 0.5) is 5.69 Å². The van der Waals surface area contributed by atoms with Crippen LogP contribution in [-0.4, -0.2) is 31.8 Å². The first-order chi connectivity index (χ1) is 17.6. The standard InChI is InChI=1S/C28H24N2O6/c1-33-18-9-6-17(7-10-18)27-20(19-12-24-25(35-15-34-24)14-23(19)36-27)13-26(31)29-22-11-8-16-4-2-3-5-21(16)30-28(22)32/h2-7,9-10,12,14,22H,8,11,13,15H2,1H3,(H,29,31)(H,30,32). The summed E-state index contributed by atoms with van der Waals surface area (Å²) >= 11 is 0. The smallest absolute Gasteiger partial charge is 0.246 e. The van der Waals surface area contributed by atoms with E-state index in [1.165, 1.54) is 0 Å². The molecule has 2 amide bonds. The molecule has 0 saturated carbocycles. The molecule has 8 heteroatoms. The maximum Gasteiger partial charge on any atom is 0.246 e. The molecule has 6 rings (SSSR count). The van der Waals surface area contributed by atoms with Gasteiger partial charge in [0.05, 0.1) is 13.5 Å². The highest BCUT2D eigenvalue weighted by atomic mass is 16.7. The van der Waals surface area contributed by atoms with Crippen LogP contribution in [0.1, 0.15) is 17.5 Å². The van der Waals surface area contributed by atoms with Crippen molar-refractivity contribution in [2.75, 3.05) is 19.2 Å². The van der Waals surface area contributed by atoms with Crippen molar-refractivity contribution in [3.63, 3.8) is 0 Å². The summed E-state index contributed by atoms with van der Waals surface area (Å²) in [4.78, 5) is 26.1. The predicted molar refractivity (Wildman–Crippen MR) is 133 cm³/mol. The van der Waals surface area contributed by atoms with E-state index < -0.39 is 6.04 Å². The van der Waals surface area contributed by atoms with Gasteiger partial charge in [0.2, 0.25) is 18.6 Å². The van der Waals surface area contributed by atoms with Gasteiger partial charge in [0, 0.05) is 28.3 Å². The molecule has 0 bridgehead atoms. The number of aryl methyl sites for hydroxylation is 1. The van der Waals surface area contributed by atoms with Crippen LogP contribution in [0.2, 0.25) is 0 Å². The number of carbonyl (C=O) groups is 2. The van der Waals surface area contributed by atoms with E-state index in [4.69, 9.17) is 18.6 Å². The zero-order valence-electron chi connectivity index (χ0n) is 19.6. The maximum atomic E-state index is 13.3. The summed E-state index contributed by atoms with van der Waals surface area (Å²) in [6.45, 7) is 0.141. The van der Waals surface area contributed by atoms with Gasteiger partial charge in [0.1, 0.15) is 23.1 Å². The number of ether oxygens (including phenoxy) is 3. The van der Waals surface area contributed by atoms with Crippen molar-refractivity contribution in [1.82, 2.24) is 5.32 Å². The minimum atomic E-state index is -0.631. The number of fused-ring (bicyclic) bond motifs is 3. The molecule has 8 nitrogen and oxygen atoms in total. The van der Waals surface area contributed by atoms with E-state index in [-0.39, 0.29) is 25.0 Å². The van der Waals surface area contributed by atoms with Gasteiger partial charge in [-0.1, -0.05) is 18.2 Å². The van der Waals surface area contributed by atoms with Crippen molar-refractivity contribution < 1.29 is 28.2 Å². The summed E-state index contributed by atoms with van der Waals surface area (Å²) in [5.74, 6) is 2.01. The van der Waals surface area contributed by atoms with Gasteiger partial charge >= 0.3 is 0 Å². The van der Waals surface area contributed by atoms with Crippen LogP contribution in [0.5, 0.6) is 17.2 Å². The fraction of sp³-hybridized carbons (Fsp3) is 0.214. The Morgan fingerprint density at radius 3 is 2.67 bits per heavy atom. The minimum absolute atomic E-state index is 0.0325. The maximum absolute atomic E-state index is 13.3. The normalized spacial score (nSPS) is 16.2. The van der Waals surface area contributed by atoms with Gasteiger partial charge in [-0.05, 0) is 54.8 Å². The Morgan fingerprint density at radius 2 is 1.86 bits per heavy atom. The SMILES string of the molecule is COc1ccc(-c2oc3cc4c(cc3c2CC(=O)NC2CCc3ccccc3NC2=O)OCO4)cc1. The monoisotopic (exact) mass is 484 g/mol. The number of para-hydroxylation sites is 1. The molecule has 0 spiro atoms. The van der Waals surface area contributed by atoms with Crippen molar-refractivity contribution in [3.8, 4) is 28.6 Å². The number of anilines is 1. The summed E-state index contributed by atoms with van der Waals surface area (Å²) in [5.41, 5.74) is 3.96. The molecule has 1 unspecified atom stereocenters. The number of hydrogen-bond donors (Lipinski definition) is 2. The highest BCUT2D eigenvalue weighted by Crippen LogP contribution is 2.42. The van der Waals surface area contributed by atoms with E-state index >= 15 is 0 Å². The van der Waals surface area contributed by atoms with E-state index in [1.54, 1.807) is 13.2 Å². The molecule has 0 radical (unpaired) electrons. The molecular weight excluding hydrogens is 460 g/mol. The number of hydrogen-bond acceptors (Lipinski definition) is 6. The first kappa shape index (κ1) is 22.0. The number of rotatable bonds is 5. The molecule has 0 saturated heterocycles. The lowest BCUT2D eigenvalue weighted by molar-refractivity contribution is -0.126. The van der Waals surface area contributed by atoms with Gasteiger partial charge in [-0.25, -0.2) is 0 Å². The van der Waals surface area contributed by atoms with Crippen molar-refractivity contribution in [1.29, 1.82) is 0 Å². The molecule has 4 aromatic rings. The van der Waals surface area contributed by atoms with Crippen LogP contribution >= 0.6 is 0 Å². The Bertz CT molecular complexity index is 1470. The zero-order valence-corrected chi connectivity index (χ0v) is 19.6. The second-order valence-electron chi connectivity index (χ2n) is 8.82. The molecule has 3 heterocycles. The molecule has 2 N–H and O–H groups in total. The summed E-state index contributed by atoms with van der Waals surface area (Å²) in [6, 6.07) is 18.1. The van der Waals surface area contributed by atoms with E-state index in [1.807, 2.05) is 54.6 Å². The van der Waals surface area contributed by atoms with Gasteiger partial charge in [-0.2, -0.15) is 0 Å². The number of carbonyl (C=O) groups excluding carboxylic acids is 2. The molecule has 0 aliphatic carbocycles. The molecule has 3 aromatic carbocycles. The predicted octanol–water partition coefficient (Wildman–Crippen LogP) is 4.45. The van der Waals surface area contributed by atoms with Gasteiger partial charge in [-0.3, -0.25) is 9.59 Å².